The number of para-hydroxylation sites is 1. The topological polar surface area (TPSA) is 99.2 Å². The normalized spacial score (nSPS) is 15.0. The van der Waals surface area contributed by atoms with Crippen molar-refractivity contribution in [1.82, 2.24) is 10.2 Å². The van der Waals surface area contributed by atoms with Crippen molar-refractivity contribution in [2.45, 2.75) is 19.3 Å². The fourth-order valence-electron chi connectivity index (χ4n) is 2.33. The summed E-state index contributed by atoms with van der Waals surface area (Å²) in [5.74, 6) is -0.791. The first-order valence-corrected chi connectivity index (χ1v) is 7.18. The lowest BCUT2D eigenvalue weighted by Crippen LogP contribution is -2.36. The Hall–Kier alpha value is -2.81. The van der Waals surface area contributed by atoms with Crippen LogP contribution in [0.2, 0.25) is 0 Å². The molecule has 22 heavy (non-hydrogen) atoms. The van der Waals surface area contributed by atoms with Gasteiger partial charge in [-0.3, -0.25) is 9.59 Å². The van der Waals surface area contributed by atoms with Crippen molar-refractivity contribution in [2.75, 3.05) is 18.8 Å². The van der Waals surface area contributed by atoms with Crippen LogP contribution >= 0.6 is 0 Å². The van der Waals surface area contributed by atoms with Gasteiger partial charge in [0.15, 0.2) is 0 Å². The Morgan fingerprint density at radius 1 is 1.23 bits per heavy atom. The first kappa shape index (κ1) is 15.6. The molecule has 6 nitrogen and oxygen atoms in total. The van der Waals surface area contributed by atoms with Gasteiger partial charge in [-0.25, -0.2) is 0 Å². The van der Waals surface area contributed by atoms with Gasteiger partial charge < -0.3 is 16.0 Å². The van der Waals surface area contributed by atoms with Crippen LogP contribution in [0, 0.1) is 11.3 Å². The number of likely N-dealkylation sites (tertiary alicyclic amines) is 1. The number of benzene rings is 1. The highest BCUT2D eigenvalue weighted by molar-refractivity contribution is 6.01. The SMILES string of the molecule is N#C/C(=C/NC(=O)c1ccccc1N)C(=O)N1CCCCC1. The van der Waals surface area contributed by atoms with E-state index in [1.807, 2.05) is 6.07 Å². The molecule has 0 saturated carbocycles. The fraction of sp³-hybridized carbons (Fsp3) is 0.312. The summed E-state index contributed by atoms with van der Waals surface area (Å²) in [6.45, 7) is 1.30. The van der Waals surface area contributed by atoms with Crippen LogP contribution in [0.3, 0.4) is 0 Å². The molecular formula is C16H18N4O2. The van der Waals surface area contributed by atoms with E-state index < -0.39 is 5.91 Å². The van der Waals surface area contributed by atoms with E-state index in [1.165, 1.54) is 0 Å². The maximum Gasteiger partial charge on any atom is 0.266 e. The molecule has 0 bridgehead atoms. The van der Waals surface area contributed by atoms with Crippen LogP contribution in [0.5, 0.6) is 0 Å². The summed E-state index contributed by atoms with van der Waals surface area (Å²) in [6.07, 6.45) is 4.14. The minimum Gasteiger partial charge on any atom is -0.398 e. The molecule has 1 aromatic carbocycles. The highest BCUT2D eigenvalue weighted by atomic mass is 16.2. The molecule has 2 amide bonds. The quantitative estimate of drug-likeness (QED) is 0.501. The molecule has 1 fully saturated rings. The third-order valence-corrected chi connectivity index (χ3v) is 3.55. The standard InChI is InChI=1S/C16H18N4O2/c17-10-12(16(22)20-8-4-1-5-9-20)11-19-15(21)13-6-2-3-7-14(13)18/h2-3,6-7,11H,1,4-5,8-9,18H2,(H,19,21)/b12-11-. The third-order valence-electron chi connectivity index (χ3n) is 3.55. The molecule has 3 N–H and O–H groups in total. The smallest absolute Gasteiger partial charge is 0.266 e. The minimum atomic E-state index is -0.447. The van der Waals surface area contributed by atoms with E-state index in [4.69, 9.17) is 11.0 Å². The number of carbonyl (C=O) groups excluding carboxylic acids is 2. The number of nitrogens with one attached hydrogen (secondary N) is 1. The average Bonchev–Trinajstić information content (AvgIpc) is 2.56. The number of nitrogen functional groups attached to an aromatic ring is 1. The lowest BCUT2D eigenvalue weighted by Gasteiger charge is -2.26. The molecular weight excluding hydrogens is 280 g/mol. The predicted octanol–water partition coefficient (Wildman–Crippen LogP) is 1.42. The summed E-state index contributed by atoms with van der Waals surface area (Å²) >= 11 is 0. The molecule has 0 atom stereocenters. The molecule has 2 rings (SSSR count). The van der Waals surface area contributed by atoms with E-state index in [-0.39, 0.29) is 11.5 Å². The van der Waals surface area contributed by atoms with Gasteiger partial charge in [-0.15, -0.1) is 0 Å². The maximum absolute atomic E-state index is 12.2. The van der Waals surface area contributed by atoms with Crippen molar-refractivity contribution < 1.29 is 9.59 Å². The summed E-state index contributed by atoms with van der Waals surface area (Å²) < 4.78 is 0. The lowest BCUT2D eigenvalue weighted by molar-refractivity contribution is -0.127. The number of amides is 2. The second kappa shape index (κ2) is 7.27. The Labute approximate surface area is 129 Å². The van der Waals surface area contributed by atoms with Gasteiger partial charge in [-0.2, -0.15) is 5.26 Å². The zero-order chi connectivity index (χ0) is 15.9. The molecule has 0 spiro atoms. The molecule has 0 aliphatic carbocycles. The van der Waals surface area contributed by atoms with E-state index >= 15 is 0 Å². The number of hydrogen-bond donors (Lipinski definition) is 2. The van der Waals surface area contributed by atoms with Crippen LogP contribution in [-0.2, 0) is 4.79 Å². The van der Waals surface area contributed by atoms with Crippen LogP contribution < -0.4 is 11.1 Å². The number of rotatable bonds is 3. The molecule has 114 valence electrons. The summed E-state index contributed by atoms with van der Waals surface area (Å²) in [4.78, 5) is 25.9. The Balaban J connectivity index is 2.06. The van der Waals surface area contributed by atoms with E-state index in [1.54, 1.807) is 29.2 Å². The second-order valence-corrected chi connectivity index (χ2v) is 5.08. The van der Waals surface area contributed by atoms with Crippen LogP contribution in [0.4, 0.5) is 5.69 Å². The lowest BCUT2D eigenvalue weighted by atomic mass is 10.1. The van der Waals surface area contributed by atoms with Crippen LogP contribution in [0.25, 0.3) is 0 Å². The number of hydrogen-bond acceptors (Lipinski definition) is 4. The fourth-order valence-corrected chi connectivity index (χ4v) is 2.33. The van der Waals surface area contributed by atoms with Gasteiger partial charge in [0.25, 0.3) is 11.8 Å². The molecule has 6 heteroatoms. The van der Waals surface area contributed by atoms with Crippen LogP contribution in [0.15, 0.2) is 36.0 Å². The first-order chi connectivity index (χ1) is 10.6. The van der Waals surface area contributed by atoms with Crippen molar-refractivity contribution in [3.05, 3.63) is 41.6 Å². The number of piperidine rings is 1. The molecule has 0 unspecified atom stereocenters. The number of nitriles is 1. The molecule has 1 saturated heterocycles. The summed E-state index contributed by atoms with van der Waals surface area (Å²) in [7, 11) is 0. The Morgan fingerprint density at radius 2 is 1.91 bits per heavy atom. The zero-order valence-electron chi connectivity index (χ0n) is 12.2. The van der Waals surface area contributed by atoms with Gasteiger partial charge in [0.2, 0.25) is 0 Å². The van der Waals surface area contributed by atoms with Crippen molar-refractivity contribution in [2.24, 2.45) is 0 Å². The zero-order valence-corrected chi connectivity index (χ0v) is 12.2. The average molecular weight is 298 g/mol. The molecule has 1 aliphatic rings. The van der Waals surface area contributed by atoms with Gasteiger partial charge in [0.1, 0.15) is 11.6 Å². The highest BCUT2D eigenvalue weighted by Gasteiger charge is 2.20. The summed E-state index contributed by atoms with van der Waals surface area (Å²) in [5, 5.41) is 11.6. The molecule has 0 radical (unpaired) electrons. The van der Waals surface area contributed by atoms with E-state index in [0.29, 0.717) is 24.3 Å². The molecule has 0 aromatic heterocycles. The second-order valence-electron chi connectivity index (χ2n) is 5.08. The third kappa shape index (κ3) is 3.64. The van der Waals surface area contributed by atoms with Crippen molar-refractivity contribution in [1.29, 1.82) is 5.26 Å². The van der Waals surface area contributed by atoms with Crippen LogP contribution in [0.1, 0.15) is 29.6 Å². The Kier molecular flexibility index (Phi) is 5.15. The summed E-state index contributed by atoms with van der Waals surface area (Å²) in [6, 6.07) is 8.46. The van der Waals surface area contributed by atoms with Gasteiger partial charge in [0, 0.05) is 25.0 Å². The number of carbonyl (C=O) groups is 2. The Morgan fingerprint density at radius 3 is 2.55 bits per heavy atom. The molecule has 1 aliphatic heterocycles. The Bertz CT molecular complexity index is 640. The van der Waals surface area contributed by atoms with Gasteiger partial charge >= 0.3 is 0 Å². The van der Waals surface area contributed by atoms with Crippen molar-refractivity contribution in [3.8, 4) is 6.07 Å². The van der Waals surface area contributed by atoms with Crippen molar-refractivity contribution >= 4 is 17.5 Å². The number of nitrogens with two attached hydrogens (primary N) is 1. The summed E-state index contributed by atoms with van der Waals surface area (Å²) in [5.41, 5.74) is 6.29. The largest absolute Gasteiger partial charge is 0.398 e. The number of anilines is 1. The highest BCUT2D eigenvalue weighted by Crippen LogP contribution is 2.12. The van der Waals surface area contributed by atoms with Crippen molar-refractivity contribution in [3.63, 3.8) is 0 Å². The van der Waals surface area contributed by atoms with Gasteiger partial charge in [0.05, 0.1) is 5.56 Å². The van der Waals surface area contributed by atoms with Gasteiger partial charge in [-0.1, -0.05) is 12.1 Å². The maximum atomic E-state index is 12.2. The number of nitrogens with zero attached hydrogens (tertiary/aromatic N) is 2. The van der Waals surface area contributed by atoms with E-state index in [2.05, 4.69) is 5.32 Å². The van der Waals surface area contributed by atoms with Crippen LogP contribution in [-0.4, -0.2) is 29.8 Å². The minimum absolute atomic E-state index is 0.0789. The first-order valence-electron chi connectivity index (χ1n) is 7.18. The predicted molar refractivity (Wildman–Crippen MR) is 82.4 cm³/mol. The van der Waals surface area contributed by atoms with E-state index in [9.17, 15) is 9.59 Å². The van der Waals surface area contributed by atoms with Gasteiger partial charge in [-0.05, 0) is 31.4 Å². The molecule has 1 aromatic rings. The van der Waals surface area contributed by atoms with E-state index in [0.717, 1.165) is 25.5 Å². The molecule has 1 heterocycles. The monoisotopic (exact) mass is 298 g/mol.